The lowest BCUT2D eigenvalue weighted by molar-refractivity contribution is -0.143. The van der Waals surface area contributed by atoms with Gasteiger partial charge in [0.15, 0.2) is 5.96 Å². The first-order valence-electron chi connectivity index (χ1n) is 23.2. The number of benzene rings is 1. The number of imidazole rings is 2. The third kappa shape index (κ3) is 22.1. The maximum absolute atomic E-state index is 13.6. The Hall–Kier alpha value is -8.81. The van der Waals surface area contributed by atoms with Gasteiger partial charge in [-0.2, -0.15) is 12.6 Å². The number of thiol groups is 1. The van der Waals surface area contributed by atoms with Gasteiger partial charge in [-0.3, -0.25) is 52.9 Å². The van der Waals surface area contributed by atoms with Crippen LogP contribution in [0.25, 0.3) is 0 Å². The van der Waals surface area contributed by atoms with Crippen LogP contribution in [0.3, 0.4) is 0 Å². The van der Waals surface area contributed by atoms with Crippen molar-refractivity contribution >= 4 is 83.7 Å². The molecule has 414 valence electrons. The predicted octanol–water partition coefficient (Wildman–Crippen LogP) is -6.60. The van der Waals surface area contributed by atoms with Crippen molar-refractivity contribution in [1.82, 2.24) is 67.8 Å². The zero-order valence-corrected chi connectivity index (χ0v) is 42.1. The van der Waals surface area contributed by atoms with Gasteiger partial charge in [-0.25, -0.2) is 14.8 Å². The molecule has 76 heavy (non-hydrogen) atoms. The number of carboxylic acid groups (broad SMARTS) is 2. The molecule has 20 N–H and O–H groups in total. The maximum Gasteiger partial charge on any atom is 0.326 e. The first kappa shape index (κ1) is 61.5. The van der Waals surface area contributed by atoms with E-state index in [0.717, 1.165) is 0 Å². The van der Waals surface area contributed by atoms with Crippen molar-refractivity contribution < 1.29 is 68.1 Å². The fraction of sp³-hybridized carbons (Fsp3) is 0.455. The summed E-state index contributed by atoms with van der Waals surface area (Å²) in [6.45, 7) is 1.01. The van der Waals surface area contributed by atoms with E-state index in [2.05, 4.69) is 85.4 Å². The number of guanidine groups is 1. The van der Waals surface area contributed by atoms with Crippen molar-refractivity contribution in [2.45, 2.75) is 101 Å². The number of nitrogens with two attached hydrogens (primary N) is 3. The quantitative estimate of drug-likeness (QED) is 0.0120. The Morgan fingerprint density at radius 3 is 1.68 bits per heavy atom. The molecule has 32 heteroatoms. The van der Waals surface area contributed by atoms with E-state index in [1.165, 1.54) is 63.2 Å². The number of nitrogens with zero attached hydrogens (tertiary/aromatic N) is 3. The van der Waals surface area contributed by atoms with E-state index in [0.29, 0.717) is 17.0 Å². The molecule has 9 amide bonds. The van der Waals surface area contributed by atoms with Crippen LogP contribution in [0.5, 0.6) is 5.75 Å². The minimum absolute atomic E-state index is 0.0405. The SMILES string of the molecule is C[C@H](NC(=O)[C@H](C)NC(=O)[C@H](Cc1cnc[nH]1)NC(=O)CNC(=O)[C@H](CCCN=C(N)N)NC(=O)[C@H](CS)NC(=O)[C@@H](N)Cc1cnc[nH]1)C(=O)NCC(=O)N[C@@H](CC(=O)O)C(=O)N[C@@H](Cc1ccc(O)cc1)C(=O)O. The van der Waals surface area contributed by atoms with E-state index in [9.17, 15) is 68.1 Å². The second-order valence-electron chi connectivity index (χ2n) is 16.9. The molecule has 0 fully saturated rings. The smallest absolute Gasteiger partial charge is 0.326 e. The summed E-state index contributed by atoms with van der Waals surface area (Å²) in [5.41, 5.74) is 18.2. The monoisotopic (exact) mass is 1090 g/mol. The molecule has 0 bridgehead atoms. The number of H-pyrrole nitrogens is 2. The third-order valence-corrected chi connectivity index (χ3v) is 11.1. The first-order chi connectivity index (χ1) is 35.9. The number of phenols is 1. The molecule has 0 aliphatic heterocycles. The van der Waals surface area contributed by atoms with Crippen molar-refractivity contribution in [3.05, 3.63) is 66.3 Å². The van der Waals surface area contributed by atoms with E-state index in [1.807, 2.05) is 0 Å². The Labute approximate surface area is 438 Å². The Kier molecular flexibility index (Phi) is 25.1. The van der Waals surface area contributed by atoms with Gasteiger partial charge in [0.1, 0.15) is 48.0 Å². The minimum atomic E-state index is -1.78. The van der Waals surface area contributed by atoms with Gasteiger partial charge in [0.05, 0.1) is 38.2 Å². The van der Waals surface area contributed by atoms with E-state index in [-0.39, 0.29) is 56.1 Å². The fourth-order valence-electron chi connectivity index (χ4n) is 6.68. The van der Waals surface area contributed by atoms with Gasteiger partial charge in [0.25, 0.3) is 0 Å². The average Bonchev–Trinajstić information content (AvgIpc) is 4.09. The van der Waals surface area contributed by atoms with Crippen molar-refractivity contribution in [1.29, 1.82) is 0 Å². The van der Waals surface area contributed by atoms with E-state index in [4.69, 9.17) is 17.2 Å². The summed E-state index contributed by atoms with van der Waals surface area (Å²) in [7, 11) is 0. The van der Waals surface area contributed by atoms with Gasteiger partial charge in [-0.05, 0) is 44.4 Å². The molecule has 0 radical (unpaired) electrons. The summed E-state index contributed by atoms with van der Waals surface area (Å²) in [6, 6.07) is -5.62. The number of carbonyl (C=O) groups is 11. The van der Waals surface area contributed by atoms with Gasteiger partial charge in [-0.1, -0.05) is 12.1 Å². The summed E-state index contributed by atoms with van der Waals surface area (Å²) in [4.78, 5) is 159. The molecule has 0 unspecified atom stereocenters. The van der Waals surface area contributed by atoms with Gasteiger partial charge < -0.3 is 90.3 Å². The summed E-state index contributed by atoms with van der Waals surface area (Å²) < 4.78 is 0. The number of hydrogen-bond donors (Lipinski definition) is 18. The molecule has 0 spiro atoms. The number of aromatic amines is 2. The number of amides is 9. The van der Waals surface area contributed by atoms with E-state index in [1.54, 1.807) is 0 Å². The van der Waals surface area contributed by atoms with Crippen LogP contribution in [-0.2, 0) is 72.0 Å². The Morgan fingerprint density at radius 2 is 1.13 bits per heavy atom. The molecule has 8 atom stereocenters. The number of nitrogens with one attached hydrogen (secondary N) is 11. The van der Waals surface area contributed by atoms with E-state index >= 15 is 0 Å². The Bertz CT molecular complexity index is 2510. The van der Waals surface area contributed by atoms with Crippen LogP contribution in [0, 0.1) is 0 Å². The molecule has 31 nitrogen and oxygen atoms in total. The van der Waals surface area contributed by atoms with Crippen molar-refractivity contribution in [2.75, 3.05) is 25.4 Å². The molecule has 0 aliphatic rings. The predicted molar refractivity (Wildman–Crippen MR) is 269 cm³/mol. The lowest BCUT2D eigenvalue weighted by Crippen LogP contribution is -2.58. The molecule has 2 heterocycles. The van der Waals surface area contributed by atoms with Crippen molar-refractivity contribution in [3.63, 3.8) is 0 Å². The zero-order valence-electron chi connectivity index (χ0n) is 41.2. The molecule has 0 saturated heterocycles. The van der Waals surface area contributed by atoms with Crippen molar-refractivity contribution in [3.8, 4) is 5.75 Å². The normalized spacial score (nSPS) is 13.9. The number of aromatic hydroxyl groups is 1. The number of hydrogen-bond acceptors (Lipinski definition) is 17. The molecule has 2 aromatic heterocycles. The number of aliphatic imine (C=N–C) groups is 1. The molecular formula is C44H63N17O14S. The lowest BCUT2D eigenvalue weighted by atomic mass is 10.0. The number of carboxylic acids is 2. The number of aromatic nitrogens is 4. The number of rotatable bonds is 32. The first-order valence-corrected chi connectivity index (χ1v) is 23.8. The average molecular weight is 1090 g/mol. The minimum Gasteiger partial charge on any atom is -0.508 e. The van der Waals surface area contributed by atoms with Crippen LogP contribution in [0.4, 0.5) is 0 Å². The van der Waals surface area contributed by atoms with Gasteiger partial charge in [-0.15, -0.1) is 0 Å². The second-order valence-corrected chi connectivity index (χ2v) is 17.3. The molecule has 0 saturated carbocycles. The molecular weight excluding hydrogens is 1020 g/mol. The van der Waals surface area contributed by atoms with Gasteiger partial charge >= 0.3 is 11.9 Å². The topological polar surface area (TPSA) is 505 Å². The van der Waals surface area contributed by atoms with Crippen LogP contribution < -0.4 is 65.1 Å². The zero-order chi connectivity index (χ0) is 56.5. The Morgan fingerprint density at radius 1 is 0.618 bits per heavy atom. The molecule has 3 aromatic rings. The molecule has 3 rings (SSSR count). The number of phenolic OH excluding ortho intramolecular Hbond substituents is 1. The largest absolute Gasteiger partial charge is 0.508 e. The highest BCUT2D eigenvalue weighted by Gasteiger charge is 2.32. The molecule has 1 aromatic carbocycles. The highest BCUT2D eigenvalue weighted by Crippen LogP contribution is 2.12. The second kappa shape index (κ2) is 31.0. The highest BCUT2D eigenvalue weighted by molar-refractivity contribution is 7.80. The van der Waals surface area contributed by atoms with Crippen LogP contribution in [0.15, 0.2) is 54.3 Å². The number of aliphatic carboxylic acids is 2. The van der Waals surface area contributed by atoms with E-state index < -0.39 is 133 Å². The van der Waals surface area contributed by atoms with Gasteiger partial charge in [0.2, 0.25) is 53.2 Å². The molecule has 0 aliphatic carbocycles. The standard InChI is InChI=1S/C44H63N17O14S/c1-21(36(67)51-16-33(63)58-30(13-35(65)66)41(72)60-31(43(74)75)10-23-5-7-26(62)8-6-23)55-37(68)22(2)56-40(71)29(12-25-15-49-20-54-25)57-34(64)17-52-39(70)28(4-3-9-50-44(46)47)59-42(73)32(18-76)61-38(69)27(45)11-24-14-48-19-53-24/h5-8,14-15,19-22,27-32,62,76H,3-4,9-13,16-18,45H2,1-2H3,(H,48,53)(H,49,54)(H,51,67)(H,52,70)(H,55,68)(H,56,71)(H,57,64)(H,58,63)(H,59,73)(H,60,72)(H,61,69)(H,65,66)(H,74,75)(H4,46,47,50)/t21-,22-,27-,28-,29-,30-,31-,32-/m0/s1. The fourth-order valence-corrected chi connectivity index (χ4v) is 6.94. The van der Waals surface area contributed by atoms with Crippen LogP contribution in [0.1, 0.15) is 50.1 Å². The lowest BCUT2D eigenvalue weighted by Gasteiger charge is -2.24. The summed E-state index contributed by atoms with van der Waals surface area (Å²) in [5, 5.41) is 49.7. The summed E-state index contributed by atoms with van der Waals surface area (Å²) in [6.07, 6.45) is 4.37. The third-order valence-electron chi connectivity index (χ3n) is 10.7. The summed E-state index contributed by atoms with van der Waals surface area (Å²) in [5.74, 6) is -11.7. The van der Waals surface area contributed by atoms with Crippen molar-refractivity contribution in [2.24, 2.45) is 22.2 Å². The van der Waals surface area contributed by atoms with Crippen LogP contribution in [-0.4, -0.2) is 180 Å². The maximum atomic E-state index is 13.6. The highest BCUT2D eigenvalue weighted by atomic mass is 32.1. The van der Waals surface area contributed by atoms with Gasteiger partial charge in [0, 0.05) is 55.3 Å². The van der Waals surface area contributed by atoms with Crippen LogP contribution in [0.2, 0.25) is 0 Å². The Balaban J connectivity index is 1.58. The van der Waals surface area contributed by atoms with Crippen LogP contribution >= 0.6 is 12.6 Å². The summed E-state index contributed by atoms with van der Waals surface area (Å²) >= 11 is 4.17. The number of carbonyl (C=O) groups excluding carboxylic acids is 9.